The van der Waals surface area contributed by atoms with Crippen LogP contribution in [-0.2, 0) is 0 Å². The molecule has 2 N–H and O–H groups in total. The second-order valence-corrected chi connectivity index (χ2v) is 4.22. The third-order valence-corrected chi connectivity index (χ3v) is 2.67. The Kier molecular flexibility index (Phi) is 5.13. The molecule has 7 heteroatoms. The van der Waals surface area contributed by atoms with Gasteiger partial charge in [0.05, 0.1) is 0 Å². The average Bonchev–Trinajstić information content (AvgIpc) is 2.47. The van der Waals surface area contributed by atoms with Gasteiger partial charge in [0.1, 0.15) is 24.7 Å². The average molecular weight is 294 g/mol. The monoisotopic (exact) mass is 294 g/mol. The number of hydrogen-bond donors (Lipinski definition) is 2. The third kappa shape index (κ3) is 4.44. The Morgan fingerprint density at radius 1 is 0.857 bits per heavy atom. The number of hydrogen-bond acceptors (Lipinski definition) is 4. The fourth-order valence-corrected chi connectivity index (χ4v) is 1.65. The van der Waals surface area contributed by atoms with E-state index in [1.807, 2.05) is 0 Å². The molecule has 2 aromatic carbocycles. The maximum atomic E-state index is 12.9. The van der Waals surface area contributed by atoms with E-state index in [0.717, 1.165) is 12.1 Å². The summed E-state index contributed by atoms with van der Waals surface area (Å²) in [6.45, 7) is 0.306. The van der Waals surface area contributed by atoms with Crippen molar-refractivity contribution < 1.29 is 28.3 Å². The highest BCUT2D eigenvalue weighted by Crippen LogP contribution is 2.15. The SMILES string of the molecule is OB(O)c1cccc(OCCOc2ccc(F)c(F)c2)c1. The van der Waals surface area contributed by atoms with Crippen molar-refractivity contribution in [3.8, 4) is 11.5 Å². The summed E-state index contributed by atoms with van der Waals surface area (Å²) in [4.78, 5) is 0. The molecule has 21 heavy (non-hydrogen) atoms. The fourth-order valence-electron chi connectivity index (χ4n) is 1.65. The molecular formula is C14H13BF2O4. The van der Waals surface area contributed by atoms with Crippen LogP contribution in [0.1, 0.15) is 0 Å². The minimum absolute atomic E-state index is 0.136. The largest absolute Gasteiger partial charge is 0.490 e. The van der Waals surface area contributed by atoms with Gasteiger partial charge in [0.15, 0.2) is 11.6 Å². The number of rotatable bonds is 6. The molecule has 0 amide bonds. The molecule has 0 bridgehead atoms. The van der Waals surface area contributed by atoms with Crippen LogP contribution in [0.25, 0.3) is 0 Å². The topological polar surface area (TPSA) is 58.9 Å². The van der Waals surface area contributed by atoms with E-state index in [0.29, 0.717) is 11.2 Å². The summed E-state index contributed by atoms with van der Waals surface area (Å²) < 4.78 is 36.2. The molecule has 0 aromatic heterocycles. The van der Waals surface area contributed by atoms with E-state index in [1.165, 1.54) is 12.1 Å². The van der Waals surface area contributed by atoms with Gasteiger partial charge in [-0.3, -0.25) is 0 Å². The standard InChI is InChI=1S/C14H13BF2O4/c16-13-5-4-12(9-14(13)17)21-7-6-20-11-3-1-2-10(8-11)15(18)19/h1-5,8-9,18-19H,6-7H2. The van der Waals surface area contributed by atoms with E-state index in [1.54, 1.807) is 18.2 Å². The molecule has 0 atom stereocenters. The van der Waals surface area contributed by atoms with E-state index >= 15 is 0 Å². The Labute approximate surface area is 120 Å². The van der Waals surface area contributed by atoms with Crippen LogP contribution in [0.4, 0.5) is 8.78 Å². The Morgan fingerprint density at radius 3 is 2.14 bits per heavy atom. The highest BCUT2D eigenvalue weighted by atomic mass is 19.2. The predicted molar refractivity (Wildman–Crippen MR) is 73.6 cm³/mol. The van der Waals surface area contributed by atoms with Crippen molar-refractivity contribution in [3.05, 3.63) is 54.1 Å². The molecule has 0 aliphatic rings. The summed E-state index contributed by atoms with van der Waals surface area (Å²) in [7, 11) is -1.56. The Morgan fingerprint density at radius 2 is 1.52 bits per heavy atom. The molecule has 2 rings (SSSR count). The van der Waals surface area contributed by atoms with Gasteiger partial charge in [-0.1, -0.05) is 12.1 Å². The first kappa shape index (κ1) is 15.3. The van der Waals surface area contributed by atoms with Crippen molar-refractivity contribution in [1.82, 2.24) is 0 Å². The third-order valence-electron chi connectivity index (χ3n) is 2.67. The van der Waals surface area contributed by atoms with Crippen molar-refractivity contribution in [1.29, 1.82) is 0 Å². The van der Waals surface area contributed by atoms with Gasteiger partial charge in [0.25, 0.3) is 0 Å². The lowest BCUT2D eigenvalue weighted by Crippen LogP contribution is -2.29. The first-order valence-electron chi connectivity index (χ1n) is 6.23. The lowest BCUT2D eigenvalue weighted by Gasteiger charge is -2.09. The van der Waals surface area contributed by atoms with Crippen LogP contribution in [0.3, 0.4) is 0 Å². The zero-order valence-electron chi connectivity index (χ0n) is 11.0. The molecule has 110 valence electrons. The van der Waals surface area contributed by atoms with Crippen molar-refractivity contribution in [2.45, 2.75) is 0 Å². The van der Waals surface area contributed by atoms with Crippen LogP contribution in [0.5, 0.6) is 11.5 Å². The first-order valence-corrected chi connectivity index (χ1v) is 6.23. The molecule has 0 fully saturated rings. The Balaban J connectivity index is 1.81. The van der Waals surface area contributed by atoms with Gasteiger partial charge in [-0.25, -0.2) is 8.78 Å². The Bertz CT molecular complexity index is 607. The van der Waals surface area contributed by atoms with Gasteiger partial charge in [0.2, 0.25) is 0 Å². The predicted octanol–water partition coefficient (Wildman–Crippen LogP) is 1.10. The zero-order chi connectivity index (χ0) is 15.2. The van der Waals surface area contributed by atoms with Crippen molar-refractivity contribution >= 4 is 12.6 Å². The lowest BCUT2D eigenvalue weighted by atomic mass is 9.80. The molecule has 2 aromatic rings. The Hall–Kier alpha value is -2.12. The normalized spacial score (nSPS) is 10.3. The molecule has 0 spiro atoms. The van der Waals surface area contributed by atoms with Crippen LogP contribution in [0, 0.1) is 11.6 Å². The number of ether oxygens (including phenoxy) is 2. The lowest BCUT2D eigenvalue weighted by molar-refractivity contribution is 0.216. The van der Waals surface area contributed by atoms with Crippen molar-refractivity contribution in [3.63, 3.8) is 0 Å². The minimum Gasteiger partial charge on any atom is -0.490 e. The summed E-state index contributed by atoms with van der Waals surface area (Å²) in [5.41, 5.74) is 0.314. The highest BCUT2D eigenvalue weighted by Gasteiger charge is 2.11. The van der Waals surface area contributed by atoms with Gasteiger partial charge >= 0.3 is 7.12 Å². The van der Waals surface area contributed by atoms with E-state index < -0.39 is 18.8 Å². The van der Waals surface area contributed by atoms with Gasteiger partial charge < -0.3 is 19.5 Å². The maximum absolute atomic E-state index is 12.9. The summed E-state index contributed by atoms with van der Waals surface area (Å²) in [5, 5.41) is 18.1. The summed E-state index contributed by atoms with van der Waals surface area (Å²) >= 11 is 0. The fraction of sp³-hybridized carbons (Fsp3) is 0.143. The summed E-state index contributed by atoms with van der Waals surface area (Å²) in [5.74, 6) is -1.25. The number of halogens is 2. The van der Waals surface area contributed by atoms with E-state index in [2.05, 4.69) is 0 Å². The van der Waals surface area contributed by atoms with Gasteiger partial charge in [-0.15, -0.1) is 0 Å². The van der Waals surface area contributed by atoms with Crippen LogP contribution >= 0.6 is 0 Å². The van der Waals surface area contributed by atoms with E-state index in [4.69, 9.17) is 19.5 Å². The molecule has 0 saturated heterocycles. The van der Waals surface area contributed by atoms with Crippen LogP contribution in [0.2, 0.25) is 0 Å². The number of benzene rings is 2. The molecule has 0 aliphatic heterocycles. The summed E-state index contributed by atoms with van der Waals surface area (Å²) in [6, 6.07) is 9.58. The highest BCUT2D eigenvalue weighted by molar-refractivity contribution is 6.58. The van der Waals surface area contributed by atoms with Crippen LogP contribution in [-0.4, -0.2) is 30.4 Å². The summed E-state index contributed by atoms with van der Waals surface area (Å²) in [6.07, 6.45) is 0. The zero-order valence-corrected chi connectivity index (χ0v) is 11.0. The molecule has 0 heterocycles. The van der Waals surface area contributed by atoms with Gasteiger partial charge in [0, 0.05) is 6.07 Å². The first-order chi connectivity index (χ1) is 10.1. The molecule has 0 unspecified atom stereocenters. The second-order valence-electron chi connectivity index (χ2n) is 4.22. The maximum Gasteiger partial charge on any atom is 0.488 e. The molecule has 0 saturated carbocycles. The van der Waals surface area contributed by atoms with Crippen LogP contribution in [0.15, 0.2) is 42.5 Å². The molecule has 4 nitrogen and oxygen atoms in total. The minimum atomic E-state index is -1.56. The van der Waals surface area contributed by atoms with Crippen molar-refractivity contribution in [2.24, 2.45) is 0 Å². The van der Waals surface area contributed by atoms with Crippen molar-refractivity contribution in [2.75, 3.05) is 13.2 Å². The molecular weight excluding hydrogens is 281 g/mol. The quantitative estimate of drug-likeness (QED) is 0.619. The van der Waals surface area contributed by atoms with Gasteiger partial charge in [-0.05, 0) is 29.7 Å². The molecule has 0 radical (unpaired) electrons. The van der Waals surface area contributed by atoms with E-state index in [-0.39, 0.29) is 19.0 Å². The van der Waals surface area contributed by atoms with Gasteiger partial charge in [-0.2, -0.15) is 0 Å². The molecule has 0 aliphatic carbocycles. The van der Waals surface area contributed by atoms with E-state index in [9.17, 15) is 8.78 Å². The van der Waals surface area contributed by atoms with Crippen LogP contribution < -0.4 is 14.9 Å². The second kappa shape index (κ2) is 7.05. The smallest absolute Gasteiger partial charge is 0.488 e.